The van der Waals surface area contributed by atoms with E-state index >= 15 is 0 Å². The van der Waals surface area contributed by atoms with E-state index < -0.39 is 0 Å². The zero-order chi connectivity index (χ0) is 15.0. The number of nitrogen functional groups attached to an aromatic ring is 1. The number of hydrogen-bond acceptors (Lipinski definition) is 8. The largest absolute Gasteiger partial charge is 0.378 e. The third-order valence-electron chi connectivity index (χ3n) is 3.76. The third-order valence-corrected chi connectivity index (χ3v) is 3.76. The van der Waals surface area contributed by atoms with Crippen LogP contribution in [0.1, 0.15) is 5.56 Å². The lowest BCUT2D eigenvalue weighted by Gasteiger charge is -2.37. The number of anilines is 1. The molecule has 0 aliphatic carbocycles. The first-order valence-electron chi connectivity index (χ1n) is 6.97. The van der Waals surface area contributed by atoms with Crippen molar-refractivity contribution in [2.75, 3.05) is 32.0 Å². The fraction of sp³-hybridized carbons (Fsp3) is 0.308. The molecule has 2 N–H and O–H groups in total. The number of aliphatic imine (C=N–C) groups is 2. The van der Waals surface area contributed by atoms with Crippen LogP contribution >= 0.6 is 0 Å². The monoisotopic (exact) mass is 299 g/mol. The molecule has 1 saturated heterocycles. The van der Waals surface area contributed by atoms with Crippen LogP contribution in [-0.2, 0) is 4.74 Å². The molecule has 0 aromatic carbocycles. The van der Waals surface area contributed by atoms with Crippen LogP contribution in [0.25, 0.3) is 5.70 Å². The lowest BCUT2D eigenvalue weighted by Crippen LogP contribution is -2.60. The number of fused-ring (bicyclic) bond motifs is 1. The topological polar surface area (TPSA) is 101 Å². The Bertz CT molecular complexity index is 701. The molecule has 9 heteroatoms. The van der Waals surface area contributed by atoms with E-state index in [-0.39, 0.29) is 10.6 Å². The molecule has 1 aromatic heterocycles. The molecule has 0 saturated carbocycles. The Morgan fingerprint density at radius 1 is 1.18 bits per heavy atom. The molecular weight excluding hydrogens is 284 g/mol. The summed E-state index contributed by atoms with van der Waals surface area (Å²) in [6.45, 7) is 2.89. The van der Waals surface area contributed by atoms with Crippen LogP contribution in [0.3, 0.4) is 0 Å². The van der Waals surface area contributed by atoms with E-state index in [4.69, 9.17) is 10.5 Å². The van der Waals surface area contributed by atoms with Gasteiger partial charge in [0.2, 0.25) is 5.95 Å². The number of rotatable bonds is 2. The predicted octanol–water partition coefficient (Wildman–Crippen LogP) is -0.139. The molecule has 1 unspecified atom stereocenters. The van der Waals surface area contributed by atoms with Crippen LogP contribution < -0.4 is 5.73 Å². The van der Waals surface area contributed by atoms with Crippen LogP contribution in [-0.4, -0.2) is 64.4 Å². The normalized spacial score (nSPS) is 27.5. The summed E-state index contributed by atoms with van der Waals surface area (Å²) in [7, 11) is 0. The highest BCUT2D eigenvalue weighted by Gasteiger charge is 2.46. The molecule has 0 spiro atoms. The minimum absolute atomic E-state index is 0.187. The lowest BCUT2D eigenvalue weighted by atomic mass is 10.2. The van der Waals surface area contributed by atoms with Crippen molar-refractivity contribution in [3.05, 3.63) is 24.2 Å². The van der Waals surface area contributed by atoms with E-state index in [1.165, 1.54) is 0 Å². The number of hydrogen-bond donors (Lipinski definition) is 1. The maximum atomic E-state index is 5.54. The van der Waals surface area contributed by atoms with Crippen molar-refractivity contribution in [1.82, 2.24) is 15.0 Å². The quantitative estimate of drug-likeness (QED) is 0.766. The minimum Gasteiger partial charge on any atom is -0.378 e. The highest BCUT2D eigenvalue weighted by Crippen LogP contribution is 2.29. The first kappa shape index (κ1) is 13.2. The minimum atomic E-state index is 0.187. The van der Waals surface area contributed by atoms with E-state index in [1.807, 2.05) is 6.20 Å². The van der Waals surface area contributed by atoms with Gasteiger partial charge in [0, 0.05) is 18.0 Å². The molecule has 0 radical (unpaired) electrons. The van der Waals surface area contributed by atoms with E-state index in [2.05, 4.69) is 30.1 Å². The summed E-state index contributed by atoms with van der Waals surface area (Å²) in [6, 6.07) is 0. The molecule has 1 fully saturated rings. The van der Waals surface area contributed by atoms with Gasteiger partial charge in [-0.15, -0.1) is 5.01 Å². The highest BCUT2D eigenvalue weighted by molar-refractivity contribution is 6.29. The van der Waals surface area contributed by atoms with Gasteiger partial charge in [0.15, 0.2) is 12.5 Å². The summed E-state index contributed by atoms with van der Waals surface area (Å²) in [5, 5.41) is 6.74. The Hall–Kier alpha value is -2.49. The van der Waals surface area contributed by atoms with Crippen molar-refractivity contribution >= 4 is 30.0 Å². The lowest BCUT2D eigenvalue weighted by molar-refractivity contribution is -0.918. The summed E-state index contributed by atoms with van der Waals surface area (Å²) in [4.78, 5) is 16.8. The molecule has 3 aliphatic heterocycles. The number of quaternary nitrogens is 1. The number of nitrogens with zero attached hydrogens (tertiary/aromatic N) is 7. The smallest absolute Gasteiger partial charge is 0.300 e. The average molecular weight is 299 g/mol. The van der Waals surface area contributed by atoms with Crippen molar-refractivity contribution < 1.29 is 9.44 Å². The van der Waals surface area contributed by atoms with E-state index in [0.717, 1.165) is 30.2 Å². The molecule has 0 amide bonds. The molecule has 1 aromatic rings. The first-order valence-corrected chi connectivity index (χ1v) is 6.97. The van der Waals surface area contributed by atoms with E-state index in [9.17, 15) is 0 Å². The molecule has 1 atom stereocenters. The Morgan fingerprint density at radius 2 is 1.95 bits per heavy atom. The van der Waals surface area contributed by atoms with Gasteiger partial charge in [0.1, 0.15) is 11.9 Å². The number of aromatic nitrogens is 2. The Labute approximate surface area is 126 Å². The van der Waals surface area contributed by atoms with Crippen molar-refractivity contribution in [2.45, 2.75) is 0 Å². The van der Waals surface area contributed by atoms with Gasteiger partial charge in [0.05, 0.1) is 26.3 Å². The maximum absolute atomic E-state index is 5.54. The summed E-state index contributed by atoms with van der Waals surface area (Å²) in [5.74, 6) is 1.00. The van der Waals surface area contributed by atoms with Crippen LogP contribution in [0, 0.1) is 0 Å². The Kier molecular flexibility index (Phi) is 3.03. The predicted molar refractivity (Wildman–Crippen MR) is 81.5 cm³/mol. The van der Waals surface area contributed by atoms with Crippen LogP contribution in [0.5, 0.6) is 0 Å². The molecule has 9 nitrogen and oxygen atoms in total. The molecule has 112 valence electrons. The van der Waals surface area contributed by atoms with Gasteiger partial charge < -0.3 is 10.5 Å². The van der Waals surface area contributed by atoms with Gasteiger partial charge in [-0.2, -0.15) is 4.99 Å². The van der Waals surface area contributed by atoms with Crippen LogP contribution in [0.2, 0.25) is 0 Å². The van der Waals surface area contributed by atoms with Crippen molar-refractivity contribution in [2.24, 2.45) is 15.1 Å². The second-order valence-electron chi connectivity index (χ2n) is 5.04. The van der Waals surface area contributed by atoms with Gasteiger partial charge in [0.25, 0.3) is 5.84 Å². The van der Waals surface area contributed by atoms with E-state index in [1.54, 1.807) is 24.9 Å². The van der Waals surface area contributed by atoms with Crippen molar-refractivity contribution in [3.8, 4) is 0 Å². The first-order chi connectivity index (χ1) is 10.8. The fourth-order valence-electron chi connectivity index (χ4n) is 2.63. The van der Waals surface area contributed by atoms with Gasteiger partial charge in [-0.05, 0) is 9.80 Å². The highest BCUT2D eigenvalue weighted by atomic mass is 16.5. The van der Waals surface area contributed by atoms with Crippen molar-refractivity contribution in [1.29, 1.82) is 0 Å². The molecule has 4 heterocycles. The standard InChI is InChI=1S/C13H15N8O/c14-13-16-5-10(6-17-13)11-8-21(20-1-3-22-4-2-20)12(7-15-11)18-9-19-21/h5-9H,1-4H2,(H2,14,16,17)/q+1. The number of ether oxygens (including phenoxy) is 1. The summed E-state index contributed by atoms with van der Waals surface area (Å²) in [6.07, 6.45) is 8.55. The van der Waals surface area contributed by atoms with E-state index in [0.29, 0.717) is 13.2 Å². The second-order valence-corrected chi connectivity index (χ2v) is 5.04. The average Bonchev–Trinajstić information content (AvgIpc) is 3.00. The van der Waals surface area contributed by atoms with Crippen LogP contribution in [0.15, 0.2) is 33.7 Å². The number of morpholine rings is 1. The van der Waals surface area contributed by atoms with Gasteiger partial charge in [-0.25, -0.2) is 15.0 Å². The maximum Gasteiger partial charge on any atom is 0.300 e. The Balaban J connectivity index is 1.75. The number of amidine groups is 1. The third kappa shape index (κ3) is 2.03. The van der Waals surface area contributed by atoms with Gasteiger partial charge in [-0.3, -0.25) is 0 Å². The Morgan fingerprint density at radius 3 is 2.73 bits per heavy atom. The van der Waals surface area contributed by atoms with Gasteiger partial charge in [-0.1, -0.05) is 0 Å². The molecular formula is C13H15N8O+. The van der Waals surface area contributed by atoms with Crippen molar-refractivity contribution in [3.63, 3.8) is 0 Å². The molecule has 0 bridgehead atoms. The number of nitrogens with two attached hydrogens (primary N) is 1. The van der Waals surface area contributed by atoms with Crippen LogP contribution in [0.4, 0.5) is 5.95 Å². The zero-order valence-electron chi connectivity index (χ0n) is 11.8. The fourth-order valence-corrected chi connectivity index (χ4v) is 2.63. The summed E-state index contributed by atoms with van der Waals surface area (Å²) in [5.41, 5.74) is 7.07. The molecule has 22 heavy (non-hydrogen) atoms. The summed E-state index contributed by atoms with van der Waals surface area (Å²) < 4.78 is 5.62. The molecule has 4 rings (SSSR count). The SMILES string of the molecule is Nc1ncc(C2=C[N+]3(N4CCOCC4)N=CN=C3C=N2)cn1. The summed E-state index contributed by atoms with van der Waals surface area (Å²) >= 11 is 0. The molecule has 3 aliphatic rings. The van der Waals surface area contributed by atoms with Gasteiger partial charge >= 0.3 is 0 Å². The zero-order valence-corrected chi connectivity index (χ0v) is 11.8. The second kappa shape index (κ2) is 5.05.